The topological polar surface area (TPSA) is 66.5 Å². The number of barbiturate groups is 1. The van der Waals surface area contributed by atoms with Crippen LogP contribution in [0.15, 0.2) is 30.3 Å². The highest BCUT2D eigenvalue weighted by atomic mass is 16.2. The smallest absolute Gasteiger partial charge is 0.277 e. The third-order valence-electron chi connectivity index (χ3n) is 4.34. The summed E-state index contributed by atoms with van der Waals surface area (Å²) in [4.78, 5) is 37.9. The lowest BCUT2D eigenvalue weighted by atomic mass is 9.78. The van der Waals surface area contributed by atoms with E-state index in [2.05, 4.69) is 5.32 Å². The van der Waals surface area contributed by atoms with E-state index in [4.69, 9.17) is 0 Å². The Bertz CT molecular complexity index is 564. The third-order valence-corrected chi connectivity index (χ3v) is 4.34. The predicted octanol–water partition coefficient (Wildman–Crippen LogP) is 2.47. The van der Waals surface area contributed by atoms with Crippen molar-refractivity contribution in [1.29, 1.82) is 0 Å². The maximum Gasteiger partial charge on any atom is 0.335 e. The normalized spacial score (nSPS) is 24.1. The van der Waals surface area contributed by atoms with E-state index in [-0.39, 0.29) is 11.8 Å². The molecule has 1 saturated carbocycles. The summed E-state index contributed by atoms with van der Waals surface area (Å²) in [5.41, 5.74) is 0.508. The number of benzene rings is 1. The van der Waals surface area contributed by atoms with E-state index in [1.54, 1.807) is 24.3 Å². The molecule has 1 heterocycles. The van der Waals surface area contributed by atoms with Crippen LogP contribution in [0.1, 0.15) is 32.1 Å². The quantitative estimate of drug-likeness (QED) is 0.849. The number of nitrogens with one attached hydrogen (secondary N) is 1. The number of carbonyl (C=O) groups excluding carboxylic acids is 3. The van der Waals surface area contributed by atoms with Crippen molar-refractivity contribution < 1.29 is 14.4 Å². The van der Waals surface area contributed by atoms with Crippen LogP contribution in [-0.2, 0) is 9.59 Å². The second-order valence-corrected chi connectivity index (χ2v) is 5.68. The van der Waals surface area contributed by atoms with Gasteiger partial charge in [-0.3, -0.25) is 14.9 Å². The summed E-state index contributed by atoms with van der Waals surface area (Å²) in [5, 5.41) is 2.33. The van der Waals surface area contributed by atoms with Crippen LogP contribution in [-0.4, -0.2) is 17.8 Å². The lowest BCUT2D eigenvalue weighted by Crippen LogP contribution is -2.60. The first-order chi connectivity index (χ1) is 10.2. The van der Waals surface area contributed by atoms with Crippen molar-refractivity contribution in [3.05, 3.63) is 30.3 Å². The van der Waals surface area contributed by atoms with E-state index >= 15 is 0 Å². The number of hydrogen-bond donors (Lipinski definition) is 1. The Kier molecular flexibility index (Phi) is 3.73. The molecule has 5 nitrogen and oxygen atoms in total. The monoisotopic (exact) mass is 286 g/mol. The van der Waals surface area contributed by atoms with Gasteiger partial charge in [0.15, 0.2) is 0 Å². The first-order valence-electron chi connectivity index (χ1n) is 7.42. The van der Waals surface area contributed by atoms with Gasteiger partial charge in [-0.25, -0.2) is 9.69 Å². The second-order valence-electron chi connectivity index (χ2n) is 5.68. The van der Waals surface area contributed by atoms with Crippen LogP contribution in [0, 0.1) is 11.8 Å². The molecule has 3 rings (SSSR count). The molecule has 4 amide bonds. The molecule has 1 aliphatic carbocycles. The fourth-order valence-electron chi connectivity index (χ4n) is 3.30. The zero-order chi connectivity index (χ0) is 14.8. The fraction of sp³-hybridized carbons (Fsp3) is 0.438. The largest absolute Gasteiger partial charge is 0.335 e. The number of nitrogens with zero attached hydrogens (tertiary/aromatic N) is 1. The van der Waals surface area contributed by atoms with Crippen molar-refractivity contribution in [2.45, 2.75) is 32.1 Å². The average Bonchev–Trinajstić information content (AvgIpc) is 2.49. The van der Waals surface area contributed by atoms with Crippen molar-refractivity contribution in [3.8, 4) is 0 Å². The molecule has 2 aliphatic rings. The summed E-state index contributed by atoms with van der Waals surface area (Å²) < 4.78 is 0. The molecule has 21 heavy (non-hydrogen) atoms. The summed E-state index contributed by atoms with van der Waals surface area (Å²) in [7, 11) is 0. The number of urea groups is 1. The van der Waals surface area contributed by atoms with Crippen LogP contribution in [0.3, 0.4) is 0 Å². The molecule has 2 fully saturated rings. The summed E-state index contributed by atoms with van der Waals surface area (Å²) >= 11 is 0. The summed E-state index contributed by atoms with van der Waals surface area (Å²) in [6.45, 7) is 0. The van der Waals surface area contributed by atoms with Crippen molar-refractivity contribution >= 4 is 23.5 Å². The Labute approximate surface area is 123 Å². The van der Waals surface area contributed by atoms with Gasteiger partial charge < -0.3 is 0 Å². The Morgan fingerprint density at radius 2 is 1.62 bits per heavy atom. The number of carbonyl (C=O) groups is 3. The number of para-hydroxylation sites is 1. The molecule has 0 spiro atoms. The van der Waals surface area contributed by atoms with Gasteiger partial charge in [0.2, 0.25) is 11.8 Å². The highest BCUT2D eigenvalue weighted by Crippen LogP contribution is 2.33. The molecule has 1 N–H and O–H groups in total. The molecule has 0 aromatic heterocycles. The van der Waals surface area contributed by atoms with Gasteiger partial charge in [-0.2, -0.15) is 0 Å². The van der Waals surface area contributed by atoms with E-state index in [1.807, 2.05) is 6.07 Å². The standard InChI is InChI=1S/C16H18N2O3/c19-14-13(11-7-3-1-4-8-11)15(20)18(16(21)17-14)12-9-5-2-6-10-12/h2,5-6,9-11,13H,1,3-4,7-8H2,(H,17,19,21). The Balaban J connectivity index is 1.89. The summed E-state index contributed by atoms with van der Waals surface area (Å²) in [5.74, 6) is -1.51. The van der Waals surface area contributed by atoms with E-state index in [9.17, 15) is 14.4 Å². The third kappa shape index (κ3) is 2.55. The van der Waals surface area contributed by atoms with E-state index in [1.165, 1.54) is 0 Å². The van der Waals surface area contributed by atoms with Gasteiger partial charge in [0.1, 0.15) is 5.92 Å². The van der Waals surface area contributed by atoms with Crippen molar-refractivity contribution in [1.82, 2.24) is 5.32 Å². The molecule has 1 aromatic carbocycles. The van der Waals surface area contributed by atoms with Crippen LogP contribution in [0.25, 0.3) is 0 Å². The molecule has 5 heteroatoms. The number of hydrogen-bond acceptors (Lipinski definition) is 3. The molecule has 0 bridgehead atoms. The van der Waals surface area contributed by atoms with Crippen LogP contribution in [0.5, 0.6) is 0 Å². The maximum atomic E-state index is 12.7. The number of anilines is 1. The van der Waals surface area contributed by atoms with Gasteiger partial charge in [0.25, 0.3) is 0 Å². The van der Waals surface area contributed by atoms with E-state index < -0.39 is 17.9 Å². The first-order valence-corrected chi connectivity index (χ1v) is 7.42. The van der Waals surface area contributed by atoms with Crippen molar-refractivity contribution in [2.75, 3.05) is 4.90 Å². The van der Waals surface area contributed by atoms with Gasteiger partial charge in [-0.05, 0) is 30.9 Å². The molecular formula is C16H18N2O3. The lowest BCUT2D eigenvalue weighted by molar-refractivity contribution is -0.137. The Morgan fingerprint density at radius 1 is 0.952 bits per heavy atom. The average molecular weight is 286 g/mol. The van der Waals surface area contributed by atoms with Crippen molar-refractivity contribution in [2.24, 2.45) is 11.8 Å². The summed E-state index contributed by atoms with van der Waals surface area (Å²) in [6.07, 6.45) is 4.99. The SMILES string of the molecule is O=C1NC(=O)N(c2ccccc2)C(=O)C1C1CCCCC1. The molecular weight excluding hydrogens is 268 g/mol. The zero-order valence-corrected chi connectivity index (χ0v) is 11.7. The van der Waals surface area contributed by atoms with Crippen LogP contribution < -0.4 is 10.2 Å². The molecule has 1 atom stereocenters. The van der Waals surface area contributed by atoms with E-state index in [0.717, 1.165) is 37.0 Å². The Hall–Kier alpha value is -2.17. The molecule has 1 unspecified atom stereocenters. The summed E-state index contributed by atoms with van der Waals surface area (Å²) in [6, 6.07) is 8.10. The molecule has 1 aliphatic heterocycles. The van der Waals surface area contributed by atoms with Crippen molar-refractivity contribution in [3.63, 3.8) is 0 Å². The lowest BCUT2D eigenvalue weighted by Gasteiger charge is -2.35. The molecule has 110 valence electrons. The number of imide groups is 2. The first kappa shape index (κ1) is 13.8. The second kappa shape index (κ2) is 5.68. The van der Waals surface area contributed by atoms with Gasteiger partial charge in [-0.15, -0.1) is 0 Å². The number of amides is 4. The molecule has 1 saturated heterocycles. The Morgan fingerprint density at radius 3 is 2.29 bits per heavy atom. The minimum Gasteiger partial charge on any atom is -0.277 e. The van der Waals surface area contributed by atoms with Gasteiger partial charge >= 0.3 is 6.03 Å². The molecule has 1 aromatic rings. The van der Waals surface area contributed by atoms with E-state index in [0.29, 0.717) is 5.69 Å². The molecule has 0 radical (unpaired) electrons. The van der Waals surface area contributed by atoms with Gasteiger partial charge in [-0.1, -0.05) is 37.5 Å². The predicted molar refractivity (Wildman–Crippen MR) is 77.5 cm³/mol. The fourth-order valence-corrected chi connectivity index (χ4v) is 3.30. The number of rotatable bonds is 2. The maximum absolute atomic E-state index is 12.7. The van der Waals surface area contributed by atoms with Crippen LogP contribution in [0.2, 0.25) is 0 Å². The highest BCUT2D eigenvalue weighted by Gasteiger charge is 2.45. The van der Waals surface area contributed by atoms with Gasteiger partial charge in [0, 0.05) is 0 Å². The minimum atomic E-state index is -0.733. The van der Waals surface area contributed by atoms with Crippen LogP contribution >= 0.6 is 0 Å². The zero-order valence-electron chi connectivity index (χ0n) is 11.7. The van der Waals surface area contributed by atoms with Gasteiger partial charge in [0.05, 0.1) is 5.69 Å². The van der Waals surface area contributed by atoms with Crippen LogP contribution in [0.4, 0.5) is 10.5 Å². The minimum absolute atomic E-state index is 0.0468. The highest BCUT2D eigenvalue weighted by molar-refractivity contribution is 6.27.